The van der Waals surface area contributed by atoms with Crippen molar-refractivity contribution in [3.8, 4) is 0 Å². The molecule has 0 unspecified atom stereocenters. The van der Waals surface area contributed by atoms with Crippen molar-refractivity contribution < 1.29 is 9.59 Å². The van der Waals surface area contributed by atoms with Gasteiger partial charge < -0.3 is 10.6 Å². The summed E-state index contributed by atoms with van der Waals surface area (Å²) in [6, 6.07) is 8.53. The molecule has 2 aromatic rings. The number of benzene rings is 1. The van der Waals surface area contributed by atoms with Crippen LogP contribution in [0.15, 0.2) is 30.3 Å². The van der Waals surface area contributed by atoms with Crippen molar-refractivity contribution in [2.75, 3.05) is 5.32 Å². The van der Waals surface area contributed by atoms with E-state index >= 15 is 0 Å². The molecule has 4 nitrogen and oxygen atoms in total. The molecular formula is C17H16Cl2N2O2S. The van der Waals surface area contributed by atoms with Crippen LogP contribution >= 0.6 is 34.5 Å². The van der Waals surface area contributed by atoms with Crippen molar-refractivity contribution in [3.05, 3.63) is 50.8 Å². The molecular weight excluding hydrogens is 367 g/mol. The minimum atomic E-state index is -0.209. The van der Waals surface area contributed by atoms with E-state index in [1.165, 1.54) is 11.3 Å². The number of nitrogens with one attached hydrogen (secondary N) is 2. The van der Waals surface area contributed by atoms with Crippen molar-refractivity contribution >= 4 is 51.4 Å². The molecule has 1 aliphatic carbocycles. The summed E-state index contributed by atoms with van der Waals surface area (Å²) in [6.45, 7) is 1.88. The van der Waals surface area contributed by atoms with Gasteiger partial charge in [-0.15, -0.1) is 11.3 Å². The Morgan fingerprint density at radius 3 is 2.58 bits per heavy atom. The van der Waals surface area contributed by atoms with Gasteiger partial charge in [0.2, 0.25) is 5.91 Å². The highest BCUT2D eigenvalue weighted by Crippen LogP contribution is 2.32. The summed E-state index contributed by atoms with van der Waals surface area (Å²) >= 11 is 13.2. The Morgan fingerprint density at radius 1 is 1.17 bits per heavy atom. The third-order valence-electron chi connectivity index (χ3n) is 3.82. The van der Waals surface area contributed by atoms with Crippen molar-refractivity contribution in [2.45, 2.75) is 25.8 Å². The summed E-state index contributed by atoms with van der Waals surface area (Å²) in [4.78, 5) is 24.6. The fourth-order valence-corrected chi connectivity index (χ4v) is 3.35. The van der Waals surface area contributed by atoms with Crippen LogP contribution in [0.2, 0.25) is 10.0 Å². The summed E-state index contributed by atoms with van der Waals surface area (Å²) in [5, 5.41) is 7.39. The molecule has 2 amide bonds. The van der Waals surface area contributed by atoms with E-state index in [0.29, 0.717) is 19.9 Å². The lowest BCUT2D eigenvalue weighted by Gasteiger charge is -2.14. The van der Waals surface area contributed by atoms with Gasteiger partial charge in [0, 0.05) is 5.92 Å². The fraction of sp³-hybridized carbons (Fsp3) is 0.294. The molecule has 1 aliphatic rings. The molecule has 1 aromatic carbocycles. The normalized spacial score (nSPS) is 15.0. The maximum atomic E-state index is 12.4. The van der Waals surface area contributed by atoms with Gasteiger partial charge in [0.15, 0.2) is 0 Å². The molecule has 24 heavy (non-hydrogen) atoms. The number of carbonyl (C=O) groups is 2. The first kappa shape index (κ1) is 17.3. The summed E-state index contributed by atoms with van der Waals surface area (Å²) < 4.78 is 0. The number of rotatable bonds is 5. The van der Waals surface area contributed by atoms with Crippen molar-refractivity contribution in [1.82, 2.24) is 5.32 Å². The second kappa shape index (κ2) is 7.13. The zero-order valence-electron chi connectivity index (χ0n) is 12.9. The van der Waals surface area contributed by atoms with Gasteiger partial charge in [0.05, 0.1) is 26.0 Å². The Kier molecular flexibility index (Phi) is 5.13. The van der Waals surface area contributed by atoms with Gasteiger partial charge in [-0.2, -0.15) is 0 Å². The number of anilines is 1. The van der Waals surface area contributed by atoms with Gasteiger partial charge in [0.1, 0.15) is 0 Å². The average Bonchev–Trinajstić information content (AvgIpc) is 3.30. The molecule has 126 valence electrons. The molecule has 0 aliphatic heterocycles. The molecule has 3 rings (SSSR count). The van der Waals surface area contributed by atoms with Crippen LogP contribution in [-0.4, -0.2) is 11.8 Å². The van der Waals surface area contributed by atoms with Crippen LogP contribution in [0, 0.1) is 5.92 Å². The zero-order valence-corrected chi connectivity index (χ0v) is 15.3. The first-order valence-corrected chi connectivity index (χ1v) is 9.18. The summed E-state index contributed by atoms with van der Waals surface area (Å²) in [7, 11) is 0. The molecule has 1 aromatic heterocycles. The van der Waals surface area contributed by atoms with Crippen LogP contribution < -0.4 is 10.6 Å². The first-order chi connectivity index (χ1) is 11.4. The van der Waals surface area contributed by atoms with Crippen LogP contribution in [0.3, 0.4) is 0 Å². The lowest BCUT2D eigenvalue weighted by molar-refractivity contribution is -0.117. The van der Waals surface area contributed by atoms with E-state index in [1.807, 2.05) is 13.0 Å². The molecule has 2 N–H and O–H groups in total. The van der Waals surface area contributed by atoms with Gasteiger partial charge in [-0.05, 0) is 49.6 Å². The second-order valence-electron chi connectivity index (χ2n) is 5.80. The summed E-state index contributed by atoms with van der Waals surface area (Å²) in [6.07, 6.45) is 1.90. The SMILES string of the molecule is C[C@H](NC(=O)c1ccc(NC(=O)C2CC2)s1)c1ccc(Cl)c(Cl)c1. The summed E-state index contributed by atoms with van der Waals surface area (Å²) in [5.74, 6) is -0.0162. The monoisotopic (exact) mass is 382 g/mol. The Bertz CT molecular complexity index is 787. The molecule has 0 spiro atoms. The van der Waals surface area contributed by atoms with E-state index in [-0.39, 0.29) is 23.8 Å². The minimum absolute atomic E-state index is 0.0352. The van der Waals surface area contributed by atoms with Crippen molar-refractivity contribution in [2.24, 2.45) is 5.92 Å². The fourth-order valence-electron chi connectivity index (χ4n) is 2.23. The lowest BCUT2D eigenvalue weighted by atomic mass is 10.1. The molecule has 0 radical (unpaired) electrons. The number of amides is 2. The highest BCUT2D eigenvalue weighted by Gasteiger charge is 2.29. The number of halogens is 2. The number of carbonyl (C=O) groups excluding carboxylic acids is 2. The number of thiophene rings is 1. The third-order valence-corrected chi connectivity index (χ3v) is 5.55. The van der Waals surface area contributed by atoms with E-state index in [1.54, 1.807) is 24.3 Å². The van der Waals surface area contributed by atoms with Gasteiger partial charge in [-0.25, -0.2) is 0 Å². The molecule has 0 saturated heterocycles. The van der Waals surface area contributed by atoms with Gasteiger partial charge in [-0.3, -0.25) is 9.59 Å². The Labute approximate surface area is 154 Å². The predicted molar refractivity (Wildman–Crippen MR) is 98.0 cm³/mol. The quantitative estimate of drug-likeness (QED) is 0.772. The molecule has 1 fully saturated rings. The Morgan fingerprint density at radius 2 is 1.92 bits per heavy atom. The average molecular weight is 383 g/mol. The highest BCUT2D eigenvalue weighted by atomic mass is 35.5. The van der Waals surface area contributed by atoms with Gasteiger partial charge in [-0.1, -0.05) is 29.3 Å². The van der Waals surface area contributed by atoms with Gasteiger partial charge >= 0.3 is 0 Å². The standard InChI is InChI=1S/C17H16Cl2N2O2S/c1-9(11-4-5-12(18)13(19)8-11)20-17(23)14-6-7-15(24-14)21-16(22)10-2-3-10/h4-10H,2-3H2,1H3,(H,20,23)(H,21,22)/t9-/m0/s1. The van der Waals surface area contributed by atoms with Crippen molar-refractivity contribution in [1.29, 1.82) is 0 Å². The topological polar surface area (TPSA) is 58.2 Å². The first-order valence-electron chi connectivity index (χ1n) is 7.60. The smallest absolute Gasteiger partial charge is 0.261 e. The maximum Gasteiger partial charge on any atom is 0.261 e. The van der Waals surface area contributed by atoms with Crippen LogP contribution in [0.25, 0.3) is 0 Å². The number of hydrogen-bond acceptors (Lipinski definition) is 3. The highest BCUT2D eigenvalue weighted by molar-refractivity contribution is 7.18. The maximum absolute atomic E-state index is 12.4. The van der Waals surface area contributed by atoms with Crippen molar-refractivity contribution in [3.63, 3.8) is 0 Å². The molecule has 1 saturated carbocycles. The van der Waals surface area contributed by atoms with E-state index in [0.717, 1.165) is 18.4 Å². The lowest BCUT2D eigenvalue weighted by Crippen LogP contribution is -2.25. The van der Waals surface area contributed by atoms with E-state index in [9.17, 15) is 9.59 Å². The Balaban J connectivity index is 1.62. The van der Waals surface area contributed by atoms with Crippen LogP contribution in [0.4, 0.5) is 5.00 Å². The van der Waals surface area contributed by atoms with E-state index < -0.39 is 0 Å². The second-order valence-corrected chi connectivity index (χ2v) is 7.69. The largest absolute Gasteiger partial charge is 0.345 e. The van der Waals surface area contributed by atoms with Crippen LogP contribution in [-0.2, 0) is 4.79 Å². The minimum Gasteiger partial charge on any atom is -0.345 e. The Hall–Kier alpha value is -1.56. The molecule has 1 atom stereocenters. The third kappa shape index (κ3) is 4.09. The molecule has 7 heteroatoms. The van der Waals surface area contributed by atoms with E-state index in [4.69, 9.17) is 23.2 Å². The predicted octanol–water partition coefficient (Wildman–Crippen LogP) is 4.89. The molecule has 1 heterocycles. The van der Waals surface area contributed by atoms with Crippen LogP contribution in [0.5, 0.6) is 0 Å². The zero-order chi connectivity index (χ0) is 17.3. The van der Waals surface area contributed by atoms with Gasteiger partial charge in [0.25, 0.3) is 5.91 Å². The van der Waals surface area contributed by atoms with Crippen LogP contribution in [0.1, 0.15) is 41.0 Å². The summed E-state index contributed by atoms with van der Waals surface area (Å²) in [5.41, 5.74) is 0.872. The molecule has 0 bridgehead atoms. The van der Waals surface area contributed by atoms with E-state index in [2.05, 4.69) is 10.6 Å². The number of hydrogen-bond donors (Lipinski definition) is 2.